The van der Waals surface area contributed by atoms with Gasteiger partial charge in [0.05, 0.1) is 23.3 Å². The highest BCUT2D eigenvalue weighted by Gasteiger charge is 2.41. The van der Waals surface area contributed by atoms with E-state index >= 15 is 0 Å². The number of primary amides is 1. The second-order valence-corrected chi connectivity index (χ2v) is 15.6. The number of benzene rings is 2. The van der Waals surface area contributed by atoms with Crippen molar-refractivity contribution in [1.29, 1.82) is 0 Å². The van der Waals surface area contributed by atoms with Crippen LogP contribution < -0.4 is 31.5 Å². The van der Waals surface area contributed by atoms with Crippen molar-refractivity contribution in [3.05, 3.63) is 83.0 Å². The fraction of sp³-hybridized carbons (Fsp3) is 0.512. The SMILES string of the molecule is C[C@H](NC(=O)c1ccc(N2CCCC3CC(NC(=O)c4ccc(C(N)=O)c(N[C@H]5CC[C@H](O)CC5)c4)CC32)nc1)c1ccc(N2CCN(C)CC2)cc1. The largest absolute Gasteiger partial charge is 0.393 e. The molecule has 53 heavy (non-hydrogen) atoms. The number of nitrogens with zero attached hydrogens (tertiary/aromatic N) is 4. The zero-order valence-corrected chi connectivity index (χ0v) is 31.0. The summed E-state index contributed by atoms with van der Waals surface area (Å²) >= 11 is 0. The number of rotatable bonds is 10. The minimum absolute atomic E-state index is 0.00678. The fourth-order valence-corrected chi connectivity index (χ4v) is 8.71. The number of fused-ring (bicyclic) bond motifs is 1. The van der Waals surface area contributed by atoms with Crippen molar-refractivity contribution >= 4 is 34.9 Å². The number of carbonyl (C=O) groups excluding carboxylic acids is 3. The first-order chi connectivity index (χ1) is 25.6. The summed E-state index contributed by atoms with van der Waals surface area (Å²) in [5.41, 5.74) is 9.86. The third kappa shape index (κ3) is 8.60. The fourth-order valence-electron chi connectivity index (χ4n) is 8.71. The lowest BCUT2D eigenvalue weighted by atomic mass is 9.92. The topological polar surface area (TPSA) is 156 Å². The summed E-state index contributed by atoms with van der Waals surface area (Å²) in [4.78, 5) is 50.8. The van der Waals surface area contributed by atoms with Crippen LogP contribution in [-0.2, 0) is 0 Å². The van der Waals surface area contributed by atoms with E-state index in [2.05, 4.69) is 62.0 Å². The van der Waals surface area contributed by atoms with E-state index in [1.54, 1.807) is 24.4 Å². The molecule has 2 saturated carbocycles. The number of aromatic nitrogens is 1. The maximum Gasteiger partial charge on any atom is 0.253 e. The van der Waals surface area contributed by atoms with Gasteiger partial charge in [0.1, 0.15) is 5.82 Å². The van der Waals surface area contributed by atoms with Gasteiger partial charge in [-0.3, -0.25) is 14.4 Å². The molecule has 0 spiro atoms. The van der Waals surface area contributed by atoms with Gasteiger partial charge in [-0.2, -0.15) is 0 Å². The monoisotopic (exact) mass is 722 g/mol. The van der Waals surface area contributed by atoms with Crippen LogP contribution >= 0.6 is 0 Å². The van der Waals surface area contributed by atoms with Crippen molar-refractivity contribution in [1.82, 2.24) is 20.5 Å². The minimum atomic E-state index is -0.547. The van der Waals surface area contributed by atoms with Gasteiger partial charge in [0.15, 0.2) is 0 Å². The molecule has 3 amide bonds. The lowest BCUT2D eigenvalue weighted by molar-refractivity contribution is 0.0929. The Hall–Kier alpha value is -4.68. The van der Waals surface area contributed by atoms with Crippen LogP contribution in [0.15, 0.2) is 60.8 Å². The first-order valence-corrected chi connectivity index (χ1v) is 19.4. The Kier molecular flexibility index (Phi) is 11.2. The Bertz CT molecular complexity index is 1750. The van der Waals surface area contributed by atoms with E-state index in [0.29, 0.717) is 41.1 Å². The van der Waals surface area contributed by atoms with E-state index in [9.17, 15) is 19.5 Å². The van der Waals surface area contributed by atoms with Crippen LogP contribution in [0.1, 0.15) is 101 Å². The second-order valence-electron chi connectivity index (χ2n) is 15.6. The van der Waals surface area contributed by atoms with Gasteiger partial charge in [0, 0.05) is 74.0 Å². The molecule has 3 heterocycles. The molecule has 7 rings (SSSR count). The number of carbonyl (C=O) groups is 3. The number of aliphatic hydroxyl groups is 1. The van der Waals surface area contributed by atoms with Crippen LogP contribution in [0.2, 0.25) is 0 Å². The molecule has 2 aromatic carbocycles. The summed E-state index contributed by atoms with van der Waals surface area (Å²) in [6.45, 7) is 7.04. The molecule has 2 aliphatic carbocycles. The molecule has 4 aliphatic rings. The molecule has 3 aromatic rings. The third-order valence-electron chi connectivity index (χ3n) is 11.9. The van der Waals surface area contributed by atoms with Crippen molar-refractivity contribution in [3.63, 3.8) is 0 Å². The number of piperidine rings is 1. The summed E-state index contributed by atoms with van der Waals surface area (Å²) in [7, 11) is 2.16. The van der Waals surface area contributed by atoms with E-state index in [1.165, 1.54) is 5.69 Å². The van der Waals surface area contributed by atoms with Crippen LogP contribution in [-0.4, -0.2) is 96.7 Å². The number of nitrogens with two attached hydrogens (primary N) is 1. The minimum Gasteiger partial charge on any atom is -0.393 e. The Labute approximate surface area is 312 Å². The highest BCUT2D eigenvalue weighted by molar-refractivity contribution is 6.02. The first-order valence-electron chi connectivity index (χ1n) is 19.4. The van der Waals surface area contributed by atoms with Crippen LogP contribution in [0.3, 0.4) is 0 Å². The van der Waals surface area contributed by atoms with E-state index in [-0.39, 0.29) is 42.1 Å². The molecule has 0 radical (unpaired) electrons. The number of aliphatic hydroxyl groups excluding tert-OH is 1. The zero-order valence-electron chi connectivity index (χ0n) is 31.0. The van der Waals surface area contributed by atoms with Gasteiger partial charge in [-0.05, 0) is 119 Å². The van der Waals surface area contributed by atoms with Gasteiger partial charge < -0.3 is 41.5 Å². The van der Waals surface area contributed by atoms with Gasteiger partial charge in [-0.1, -0.05) is 12.1 Å². The average Bonchev–Trinajstić information content (AvgIpc) is 3.58. The highest BCUT2D eigenvalue weighted by Crippen LogP contribution is 2.39. The Morgan fingerprint density at radius 3 is 2.28 bits per heavy atom. The highest BCUT2D eigenvalue weighted by atomic mass is 16.3. The molecule has 6 N–H and O–H groups in total. The maximum absolute atomic E-state index is 13.5. The van der Waals surface area contributed by atoms with Crippen LogP contribution in [0, 0.1) is 5.92 Å². The Morgan fingerprint density at radius 1 is 0.849 bits per heavy atom. The van der Waals surface area contributed by atoms with Gasteiger partial charge in [-0.15, -0.1) is 0 Å². The Balaban J connectivity index is 0.942. The molecule has 4 fully saturated rings. The summed E-state index contributed by atoms with van der Waals surface area (Å²) in [6.07, 6.45) is 8.18. The molecular weight excluding hydrogens is 669 g/mol. The number of hydrogen-bond donors (Lipinski definition) is 5. The van der Waals surface area contributed by atoms with Crippen molar-refractivity contribution in [3.8, 4) is 0 Å². The zero-order chi connectivity index (χ0) is 37.1. The smallest absolute Gasteiger partial charge is 0.253 e. The number of pyridine rings is 1. The standard InChI is InChI=1S/C41H54N8O4/c1-26(27-5-11-33(12-6-27)48-20-18-47(2)19-21-48)44-41(53)30-8-16-38(43-25-30)49-17-3-4-28-22-32(24-37(28)49)46-40(52)29-7-15-35(39(42)51)36(23-29)45-31-9-13-34(50)14-10-31/h5-8,11-12,15-16,23,25-26,28,31-32,34,37,45,50H,3-4,9-10,13-14,17-22,24H2,1-2H3,(H2,42,51)(H,44,53)(H,46,52)/t26-,28?,31-,32?,34-,37?/m0/s1. The molecule has 12 nitrogen and oxygen atoms in total. The molecule has 3 unspecified atom stereocenters. The lowest BCUT2D eigenvalue weighted by Gasteiger charge is -2.38. The summed E-state index contributed by atoms with van der Waals surface area (Å²) < 4.78 is 0. The molecule has 0 bridgehead atoms. The first kappa shape index (κ1) is 36.7. The van der Waals surface area contributed by atoms with Crippen molar-refractivity contribution in [2.24, 2.45) is 11.7 Å². The molecule has 2 saturated heterocycles. The Morgan fingerprint density at radius 2 is 1.58 bits per heavy atom. The predicted molar refractivity (Wildman–Crippen MR) is 207 cm³/mol. The number of amides is 3. The molecule has 4 atom stereocenters. The summed E-state index contributed by atoms with van der Waals surface area (Å²) in [6, 6.07) is 17.5. The third-order valence-corrected chi connectivity index (χ3v) is 11.9. The normalized spacial score (nSPS) is 25.3. The van der Waals surface area contributed by atoms with Gasteiger partial charge in [-0.25, -0.2) is 4.98 Å². The molecule has 1 aromatic heterocycles. The summed E-state index contributed by atoms with van der Waals surface area (Å²) in [5, 5.41) is 19.7. The second kappa shape index (κ2) is 16.1. The van der Waals surface area contributed by atoms with Crippen molar-refractivity contribution in [2.75, 3.05) is 54.9 Å². The van der Waals surface area contributed by atoms with Crippen LogP contribution in [0.5, 0.6) is 0 Å². The van der Waals surface area contributed by atoms with Gasteiger partial charge in [0.2, 0.25) is 0 Å². The lowest BCUT2D eigenvalue weighted by Crippen LogP contribution is -2.44. The van der Waals surface area contributed by atoms with Gasteiger partial charge >= 0.3 is 0 Å². The van der Waals surface area contributed by atoms with Crippen LogP contribution in [0.4, 0.5) is 17.2 Å². The predicted octanol–water partition coefficient (Wildman–Crippen LogP) is 4.32. The number of anilines is 3. The van der Waals surface area contributed by atoms with E-state index in [4.69, 9.17) is 10.7 Å². The number of likely N-dealkylation sites (N-methyl/N-ethyl adjacent to an activating group) is 1. The number of hydrogen-bond acceptors (Lipinski definition) is 9. The van der Waals surface area contributed by atoms with E-state index in [1.807, 2.05) is 19.1 Å². The van der Waals surface area contributed by atoms with E-state index in [0.717, 1.165) is 82.6 Å². The van der Waals surface area contributed by atoms with Crippen molar-refractivity contribution < 1.29 is 19.5 Å². The van der Waals surface area contributed by atoms with E-state index < -0.39 is 5.91 Å². The molecule has 12 heteroatoms. The van der Waals surface area contributed by atoms with Crippen molar-refractivity contribution in [2.45, 2.75) is 88.6 Å². The summed E-state index contributed by atoms with van der Waals surface area (Å²) in [5.74, 6) is 0.406. The molecular formula is C41H54N8O4. The number of nitrogens with one attached hydrogen (secondary N) is 3. The average molecular weight is 723 g/mol. The van der Waals surface area contributed by atoms with Crippen LogP contribution in [0.25, 0.3) is 0 Å². The quantitative estimate of drug-likeness (QED) is 0.206. The molecule has 2 aliphatic heterocycles. The number of piperazine rings is 1. The maximum atomic E-state index is 13.5. The van der Waals surface area contributed by atoms with Gasteiger partial charge in [0.25, 0.3) is 17.7 Å². The molecule has 282 valence electrons.